The number of hydrogen-bond donors (Lipinski definition) is 0. The summed E-state index contributed by atoms with van der Waals surface area (Å²) < 4.78 is 4.75. The largest absolute Gasteiger partial charge is 0.385 e. The average molecular weight is 147 g/mol. The lowest BCUT2D eigenvalue weighted by Gasteiger charge is -2.01. The van der Waals surface area contributed by atoms with Crippen molar-refractivity contribution in [2.24, 2.45) is 0 Å². The fraction of sp³-hybridized carbons (Fsp3) is 1.00. The Morgan fingerprint density at radius 1 is 1.70 bits per heavy atom. The highest BCUT2D eigenvalue weighted by atomic mass is 16.6. The molecule has 0 saturated carbocycles. The molecule has 0 aliphatic carbocycles. The molecule has 0 bridgehead atoms. The highest BCUT2D eigenvalue weighted by Crippen LogP contribution is 1.99. The van der Waals surface area contributed by atoms with Crippen LogP contribution >= 0.6 is 0 Å². The highest BCUT2D eigenvalue weighted by molar-refractivity contribution is 4.47. The molecule has 0 spiro atoms. The summed E-state index contributed by atoms with van der Waals surface area (Å²) in [5.74, 6) is 0. The molecule has 0 amide bonds. The SMILES string of the molecule is COCCCC(C)[N+](=O)[O-]. The number of ether oxygens (including phenoxy) is 1. The first-order valence-corrected chi connectivity index (χ1v) is 3.31. The molecule has 4 nitrogen and oxygen atoms in total. The second-order valence-corrected chi connectivity index (χ2v) is 2.27. The molecule has 0 aromatic rings. The lowest BCUT2D eigenvalue weighted by molar-refractivity contribution is -0.519. The average Bonchev–Trinajstić information content (AvgIpc) is 1.88. The van der Waals surface area contributed by atoms with Gasteiger partial charge in [-0.25, -0.2) is 0 Å². The van der Waals surface area contributed by atoms with E-state index in [-0.39, 0.29) is 4.92 Å². The van der Waals surface area contributed by atoms with Crippen LogP contribution in [0.4, 0.5) is 0 Å². The quantitative estimate of drug-likeness (QED) is 0.332. The lowest BCUT2D eigenvalue weighted by Crippen LogP contribution is -2.15. The summed E-state index contributed by atoms with van der Waals surface area (Å²) in [6.45, 7) is 2.22. The van der Waals surface area contributed by atoms with Crippen molar-refractivity contribution in [2.45, 2.75) is 25.8 Å². The van der Waals surface area contributed by atoms with Crippen molar-refractivity contribution < 1.29 is 9.66 Å². The number of hydrogen-bond acceptors (Lipinski definition) is 3. The molecule has 1 unspecified atom stereocenters. The molecule has 0 heterocycles. The number of nitro groups is 1. The third-order valence-corrected chi connectivity index (χ3v) is 1.33. The second kappa shape index (κ2) is 5.17. The van der Waals surface area contributed by atoms with E-state index in [1.165, 1.54) is 0 Å². The van der Waals surface area contributed by atoms with Crippen LogP contribution in [0.5, 0.6) is 0 Å². The summed E-state index contributed by atoms with van der Waals surface area (Å²) in [6.07, 6.45) is 1.36. The van der Waals surface area contributed by atoms with Gasteiger partial charge in [0.1, 0.15) is 0 Å². The number of rotatable bonds is 5. The summed E-state index contributed by atoms with van der Waals surface area (Å²) in [6, 6.07) is -0.435. The first-order chi connectivity index (χ1) is 4.68. The van der Waals surface area contributed by atoms with Crippen LogP contribution in [0.3, 0.4) is 0 Å². The Morgan fingerprint density at radius 2 is 2.30 bits per heavy atom. The van der Waals surface area contributed by atoms with Crippen LogP contribution < -0.4 is 0 Å². The Labute approximate surface area is 60.3 Å². The third-order valence-electron chi connectivity index (χ3n) is 1.33. The van der Waals surface area contributed by atoms with Crippen LogP contribution in [-0.2, 0) is 4.74 Å². The lowest BCUT2D eigenvalue weighted by atomic mass is 10.2. The number of methoxy groups -OCH3 is 1. The molecule has 0 radical (unpaired) electrons. The highest BCUT2D eigenvalue weighted by Gasteiger charge is 2.10. The maximum atomic E-state index is 10.1. The minimum Gasteiger partial charge on any atom is -0.385 e. The van der Waals surface area contributed by atoms with Gasteiger partial charge in [-0.05, 0) is 6.42 Å². The molecule has 10 heavy (non-hydrogen) atoms. The van der Waals surface area contributed by atoms with Crippen molar-refractivity contribution in [2.75, 3.05) is 13.7 Å². The molecule has 0 N–H and O–H groups in total. The number of nitrogens with zero attached hydrogens (tertiary/aromatic N) is 1. The van der Waals surface area contributed by atoms with Crippen molar-refractivity contribution in [3.05, 3.63) is 10.1 Å². The second-order valence-electron chi connectivity index (χ2n) is 2.27. The molecule has 0 saturated heterocycles. The van der Waals surface area contributed by atoms with E-state index in [0.717, 1.165) is 6.42 Å². The third kappa shape index (κ3) is 4.26. The molecule has 60 valence electrons. The first kappa shape index (κ1) is 9.36. The summed E-state index contributed by atoms with van der Waals surface area (Å²) in [7, 11) is 1.59. The van der Waals surface area contributed by atoms with Gasteiger partial charge in [-0.15, -0.1) is 0 Å². The van der Waals surface area contributed by atoms with Gasteiger partial charge in [-0.2, -0.15) is 0 Å². The zero-order chi connectivity index (χ0) is 7.98. The van der Waals surface area contributed by atoms with Crippen LogP contribution in [0.25, 0.3) is 0 Å². The topological polar surface area (TPSA) is 52.4 Å². The van der Waals surface area contributed by atoms with Gasteiger partial charge in [-0.1, -0.05) is 0 Å². The summed E-state index contributed by atoms with van der Waals surface area (Å²) >= 11 is 0. The van der Waals surface area contributed by atoms with Crippen LogP contribution in [0.2, 0.25) is 0 Å². The molecule has 0 aliphatic heterocycles. The Bertz CT molecular complexity index is 105. The molecule has 0 aromatic heterocycles. The monoisotopic (exact) mass is 147 g/mol. The minimum absolute atomic E-state index is 0.268. The summed E-state index contributed by atoms with van der Waals surface area (Å²) in [5, 5.41) is 10.1. The van der Waals surface area contributed by atoms with Gasteiger partial charge >= 0.3 is 0 Å². The van der Waals surface area contributed by atoms with Gasteiger partial charge in [-0.3, -0.25) is 10.1 Å². The van der Waals surface area contributed by atoms with E-state index in [9.17, 15) is 10.1 Å². The predicted molar refractivity (Wildman–Crippen MR) is 37.6 cm³/mol. The Morgan fingerprint density at radius 3 is 2.70 bits per heavy atom. The van der Waals surface area contributed by atoms with Crippen LogP contribution in [0.15, 0.2) is 0 Å². The van der Waals surface area contributed by atoms with Crippen molar-refractivity contribution in [3.8, 4) is 0 Å². The van der Waals surface area contributed by atoms with Crippen molar-refractivity contribution in [3.63, 3.8) is 0 Å². The summed E-state index contributed by atoms with van der Waals surface area (Å²) in [4.78, 5) is 9.79. The molecule has 0 rings (SSSR count). The smallest absolute Gasteiger partial charge is 0.210 e. The summed E-state index contributed by atoms with van der Waals surface area (Å²) in [5.41, 5.74) is 0. The molecule has 1 atom stereocenters. The maximum absolute atomic E-state index is 10.1. The fourth-order valence-electron chi connectivity index (χ4n) is 0.628. The Hall–Kier alpha value is -0.640. The molecule has 4 heteroatoms. The maximum Gasteiger partial charge on any atom is 0.210 e. The van der Waals surface area contributed by atoms with Gasteiger partial charge in [0.05, 0.1) is 0 Å². The fourth-order valence-corrected chi connectivity index (χ4v) is 0.628. The van der Waals surface area contributed by atoms with Gasteiger partial charge in [0, 0.05) is 32.0 Å². The van der Waals surface area contributed by atoms with Crippen LogP contribution in [0, 0.1) is 10.1 Å². The van der Waals surface area contributed by atoms with E-state index >= 15 is 0 Å². The van der Waals surface area contributed by atoms with E-state index in [2.05, 4.69) is 0 Å². The Balaban J connectivity index is 3.21. The van der Waals surface area contributed by atoms with Gasteiger partial charge < -0.3 is 4.74 Å². The van der Waals surface area contributed by atoms with Gasteiger partial charge in [0.2, 0.25) is 6.04 Å². The van der Waals surface area contributed by atoms with Crippen molar-refractivity contribution >= 4 is 0 Å². The zero-order valence-electron chi connectivity index (χ0n) is 6.37. The molecular weight excluding hydrogens is 134 g/mol. The minimum atomic E-state index is -0.435. The standard InChI is InChI=1S/C6H13NO3/c1-6(7(8)9)4-3-5-10-2/h6H,3-5H2,1-2H3. The van der Waals surface area contributed by atoms with E-state index < -0.39 is 6.04 Å². The molecule has 0 aliphatic rings. The van der Waals surface area contributed by atoms with Crippen molar-refractivity contribution in [1.29, 1.82) is 0 Å². The normalized spacial score (nSPS) is 13.0. The zero-order valence-corrected chi connectivity index (χ0v) is 6.37. The van der Waals surface area contributed by atoms with E-state index in [0.29, 0.717) is 13.0 Å². The Kier molecular flexibility index (Phi) is 4.84. The van der Waals surface area contributed by atoms with E-state index in [4.69, 9.17) is 4.74 Å². The predicted octanol–water partition coefficient (Wildman–Crippen LogP) is 1.08. The van der Waals surface area contributed by atoms with Crippen molar-refractivity contribution in [1.82, 2.24) is 0 Å². The molecular formula is C6H13NO3. The molecule has 0 aromatic carbocycles. The molecule has 0 fully saturated rings. The van der Waals surface area contributed by atoms with Gasteiger partial charge in [0.15, 0.2) is 0 Å². The van der Waals surface area contributed by atoms with Crippen LogP contribution in [-0.4, -0.2) is 24.7 Å². The van der Waals surface area contributed by atoms with E-state index in [1.54, 1.807) is 14.0 Å². The van der Waals surface area contributed by atoms with E-state index in [1.807, 2.05) is 0 Å². The van der Waals surface area contributed by atoms with Gasteiger partial charge in [0.25, 0.3) is 0 Å². The van der Waals surface area contributed by atoms with Crippen LogP contribution in [0.1, 0.15) is 19.8 Å². The first-order valence-electron chi connectivity index (χ1n) is 3.31.